The standard InChI is InChI=1S/C15H23N3O2S/c1-15(2)10-18(7-6-12(15)16)13(19)9-17(3)14(20)11-5-4-8-21-11/h4-5,8,12H,6-7,9-10,16H2,1-3H3. The van der Waals surface area contributed by atoms with Gasteiger partial charge in [-0.15, -0.1) is 11.3 Å². The van der Waals surface area contributed by atoms with E-state index in [1.165, 1.54) is 16.2 Å². The number of carbonyl (C=O) groups is 2. The third-order valence-corrected chi connectivity index (χ3v) is 4.97. The first-order chi connectivity index (χ1) is 9.81. The Morgan fingerprint density at radius 2 is 2.24 bits per heavy atom. The molecule has 1 aliphatic heterocycles. The Morgan fingerprint density at radius 1 is 1.52 bits per heavy atom. The highest BCUT2D eigenvalue weighted by Crippen LogP contribution is 2.27. The number of likely N-dealkylation sites (N-methyl/N-ethyl adjacent to an activating group) is 1. The average molecular weight is 309 g/mol. The van der Waals surface area contributed by atoms with Crippen molar-refractivity contribution in [2.75, 3.05) is 26.7 Å². The summed E-state index contributed by atoms with van der Waals surface area (Å²) in [6.45, 7) is 5.59. The molecule has 1 unspecified atom stereocenters. The molecule has 0 spiro atoms. The number of amides is 2. The lowest BCUT2D eigenvalue weighted by molar-refractivity contribution is -0.135. The van der Waals surface area contributed by atoms with Crippen LogP contribution in [0, 0.1) is 5.41 Å². The Hall–Kier alpha value is -1.40. The van der Waals surface area contributed by atoms with Gasteiger partial charge in [0.15, 0.2) is 0 Å². The largest absolute Gasteiger partial charge is 0.341 e. The molecule has 6 heteroatoms. The number of hydrogen-bond donors (Lipinski definition) is 1. The van der Waals surface area contributed by atoms with Crippen molar-refractivity contribution < 1.29 is 9.59 Å². The van der Waals surface area contributed by atoms with Gasteiger partial charge in [0.05, 0.1) is 11.4 Å². The molecule has 0 aromatic carbocycles. The lowest BCUT2D eigenvalue weighted by Gasteiger charge is -2.43. The molecule has 1 atom stereocenters. The second kappa shape index (κ2) is 6.15. The molecular weight excluding hydrogens is 286 g/mol. The highest BCUT2D eigenvalue weighted by molar-refractivity contribution is 7.12. The molecule has 0 aliphatic carbocycles. The zero-order valence-corrected chi connectivity index (χ0v) is 13.7. The minimum atomic E-state index is -0.105. The molecule has 1 aromatic heterocycles. The van der Waals surface area contributed by atoms with Gasteiger partial charge in [-0.25, -0.2) is 0 Å². The lowest BCUT2D eigenvalue weighted by atomic mass is 9.79. The van der Waals surface area contributed by atoms with Crippen LogP contribution in [0.2, 0.25) is 0 Å². The number of nitrogens with zero attached hydrogens (tertiary/aromatic N) is 2. The summed E-state index contributed by atoms with van der Waals surface area (Å²) in [5, 5.41) is 1.86. The van der Waals surface area contributed by atoms with Crippen LogP contribution in [0.4, 0.5) is 0 Å². The fourth-order valence-electron chi connectivity index (χ4n) is 2.55. The van der Waals surface area contributed by atoms with Crippen LogP contribution in [-0.4, -0.2) is 54.3 Å². The maximum absolute atomic E-state index is 12.4. The van der Waals surface area contributed by atoms with Crippen molar-refractivity contribution in [1.29, 1.82) is 0 Å². The van der Waals surface area contributed by atoms with Crippen LogP contribution in [0.3, 0.4) is 0 Å². The molecular formula is C15H23N3O2S. The number of likely N-dealkylation sites (tertiary alicyclic amines) is 1. The van der Waals surface area contributed by atoms with Crippen LogP contribution in [0.25, 0.3) is 0 Å². The normalized spacial score (nSPS) is 21.1. The number of nitrogens with two attached hydrogens (primary N) is 1. The van der Waals surface area contributed by atoms with Crippen molar-refractivity contribution in [1.82, 2.24) is 9.80 Å². The van der Waals surface area contributed by atoms with Gasteiger partial charge >= 0.3 is 0 Å². The van der Waals surface area contributed by atoms with E-state index in [0.717, 1.165) is 6.42 Å². The van der Waals surface area contributed by atoms with Gasteiger partial charge in [0, 0.05) is 26.2 Å². The second-order valence-corrected chi connectivity index (χ2v) is 7.29. The molecule has 1 aromatic rings. The van der Waals surface area contributed by atoms with E-state index in [9.17, 15) is 9.59 Å². The minimum absolute atomic E-state index is 0.0117. The van der Waals surface area contributed by atoms with E-state index in [0.29, 0.717) is 18.0 Å². The number of carbonyl (C=O) groups excluding carboxylic acids is 2. The van der Waals surface area contributed by atoms with Crippen LogP contribution in [0.5, 0.6) is 0 Å². The SMILES string of the molecule is CN(CC(=O)N1CCC(N)C(C)(C)C1)C(=O)c1cccs1. The molecule has 0 bridgehead atoms. The number of hydrogen-bond acceptors (Lipinski definition) is 4. The lowest BCUT2D eigenvalue weighted by Crippen LogP contribution is -2.55. The van der Waals surface area contributed by atoms with E-state index in [4.69, 9.17) is 5.73 Å². The maximum Gasteiger partial charge on any atom is 0.264 e. The van der Waals surface area contributed by atoms with Crippen LogP contribution < -0.4 is 5.73 Å². The molecule has 2 N–H and O–H groups in total. The first kappa shape index (κ1) is 16.0. The van der Waals surface area contributed by atoms with Crippen molar-refractivity contribution in [3.05, 3.63) is 22.4 Å². The molecule has 2 rings (SSSR count). The first-order valence-corrected chi connectivity index (χ1v) is 8.01. The predicted molar refractivity (Wildman–Crippen MR) is 84.2 cm³/mol. The fourth-order valence-corrected chi connectivity index (χ4v) is 3.27. The monoisotopic (exact) mass is 309 g/mol. The first-order valence-electron chi connectivity index (χ1n) is 7.13. The topological polar surface area (TPSA) is 66.6 Å². The Labute approximate surface area is 129 Å². The van der Waals surface area contributed by atoms with Crippen molar-refractivity contribution >= 4 is 23.2 Å². The van der Waals surface area contributed by atoms with Gasteiger partial charge in [-0.1, -0.05) is 19.9 Å². The molecule has 2 amide bonds. The Kier molecular flexibility index (Phi) is 4.68. The smallest absolute Gasteiger partial charge is 0.264 e. The third-order valence-electron chi connectivity index (χ3n) is 4.12. The van der Waals surface area contributed by atoms with Crippen molar-refractivity contribution in [3.8, 4) is 0 Å². The van der Waals surface area contributed by atoms with Gasteiger partial charge in [-0.05, 0) is 23.3 Å². The van der Waals surface area contributed by atoms with Gasteiger partial charge < -0.3 is 15.5 Å². The van der Waals surface area contributed by atoms with Gasteiger partial charge in [0.2, 0.25) is 5.91 Å². The van der Waals surface area contributed by atoms with Crippen LogP contribution in [0.1, 0.15) is 29.9 Å². The molecule has 1 fully saturated rings. The van der Waals surface area contributed by atoms with E-state index < -0.39 is 0 Å². The van der Waals surface area contributed by atoms with Crippen LogP contribution in [-0.2, 0) is 4.79 Å². The summed E-state index contributed by atoms with van der Waals surface area (Å²) in [6.07, 6.45) is 0.807. The summed E-state index contributed by atoms with van der Waals surface area (Å²) in [4.78, 5) is 28.5. The summed E-state index contributed by atoms with van der Waals surface area (Å²) < 4.78 is 0. The minimum Gasteiger partial charge on any atom is -0.341 e. The summed E-state index contributed by atoms with van der Waals surface area (Å²) in [6, 6.07) is 3.73. The summed E-state index contributed by atoms with van der Waals surface area (Å²) in [5.41, 5.74) is 6.01. The molecule has 1 saturated heterocycles. The summed E-state index contributed by atoms with van der Waals surface area (Å²) in [5.74, 6) is -0.117. The Bertz CT molecular complexity index is 513. The van der Waals surface area contributed by atoms with Crippen molar-refractivity contribution in [3.63, 3.8) is 0 Å². The predicted octanol–water partition coefficient (Wildman–Crippen LogP) is 1.41. The van der Waals surface area contributed by atoms with E-state index in [1.807, 2.05) is 16.3 Å². The average Bonchev–Trinajstić information content (AvgIpc) is 2.94. The second-order valence-electron chi connectivity index (χ2n) is 6.34. The van der Waals surface area contributed by atoms with Gasteiger partial charge in [0.1, 0.15) is 0 Å². The van der Waals surface area contributed by atoms with Crippen molar-refractivity contribution in [2.45, 2.75) is 26.3 Å². The molecule has 2 heterocycles. The number of piperidine rings is 1. The van der Waals surface area contributed by atoms with E-state index in [-0.39, 0.29) is 29.8 Å². The van der Waals surface area contributed by atoms with Gasteiger partial charge in [-0.2, -0.15) is 0 Å². The summed E-state index contributed by atoms with van der Waals surface area (Å²) in [7, 11) is 1.67. The molecule has 116 valence electrons. The molecule has 0 radical (unpaired) electrons. The molecule has 5 nitrogen and oxygen atoms in total. The summed E-state index contributed by atoms with van der Waals surface area (Å²) >= 11 is 1.39. The highest BCUT2D eigenvalue weighted by atomic mass is 32.1. The fraction of sp³-hybridized carbons (Fsp3) is 0.600. The Morgan fingerprint density at radius 3 is 2.81 bits per heavy atom. The highest BCUT2D eigenvalue weighted by Gasteiger charge is 2.35. The van der Waals surface area contributed by atoms with E-state index in [2.05, 4.69) is 13.8 Å². The third kappa shape index (κ3) is 3.63. The zero-order valence-electron chi connectivity index (χ0n) is 12.8. The van der Waals surface area contributed by atoms with E-state index >= 15 is 0 Å². The quantitative estimate of drug-likeness (QED) is 0.918. The molecule has 21 heavy (non-hydrogen) atoms. The number of rotatable bonds is 3. The van der Waals surface area contributed by atoms with Crippen molar-refractivity contribution in [2.24, 2.45) is 11.1 Å². The molecule has 1 aliphatic rings. The number of thiophene rings is 1. The molecule has 0 saturated carbocycles. The van der Waals surface area contributed by atoms with Gasteiger partial charge in [-0.3, -0.25) is 9.59 Å². The zero-order chi connectivity index (χ0) is 15.6. The van der Waals surface area contributed by atoms with Gasteiger partial charge in [0.25, 0.3) is 5.91 Å². The van der Waals surface area contributed by atoms with Crippen LogP contribution in [0.15, 0.2) is 17.5 Å². The maximum atomic E-state index is 12.4. The van der Waals surface area contributed by atoms with E-state index in [1.54, 1.807) is 13.1 Å². The van der Waals surface area contributed by atoms with Crippen LogP contribution >= 0.6 is 11.3 Å². The Balaban J connectivity index is 1.94.